The third kappa shape index (κ3) is 5.13. The van der Waals surface area contributed by atoms with Crippen molar-refractivity contribution in [2.45, 2.75) is 33.0 Å². The summed E-state index contributed by atoms with van der Waals surface area (Å²) in [7, 11) is 0. The normalized spacial score (nSPS) is 20.4. The number of carbonyl (C=O) groups excluding carboxylic acids is 2. The van der Waals surface area contributed by atoms with Gasteiger partial charge in [-0.15, -0.1) is 0 Å². The molecule has 0 bridgehead atoms. The van der Waals surface area contributed by atoms with Crippen molar-refractivity contribution in [2.24, 2.45) is 0 Å². The minimum atomic E-state index is -0.400. The van der Waals surface area contributed by atoms with Gasteiger partial charge in [0.05, 0.1) is 30.1 Å². The Labute approximate surface area is 142 Å². The Bertz CT molecular complexity index is 569. The molecule has 3 N–H and O–H groups in total. The lowest BCUT2D eigenvalue weighted by molar-refractivity contribution is -0.119. The lowest BCUT2D eigenvalue weighted by Gasteiger charge is -2.37. The highest BCUT2D eigenvalue weighted by atomic mass is 16.5. The maximum atomic E-state index is 12.0. The monoisotopic (exact) mass is 334 g/mol. The van der Waals surface area contributed by atoms with Crippen molar-refractivity contribution in [2.75, 3.05) is 36.4 Å². The van der Waals surface area contributed by atoms with E-state index in [0.29, 0.717) is 12.2 Å². The summed E-state index contributed by atoms with van der Waals surface area (Å²) in [6.07, 6.45) is 0.266. The highest BCUT2D eigenvalue weighted by molar-refractivity contribution is 5.95. The molecule has 0 radical (unpaired) electrons. The summed E-state index contributed by atoms with van der Waals surface area (Å²) in [4.78, 5) is 25.7. The van der Waals surface area contributed by atoms with Crippen molar-refractivity contribution in [1.29, 1.82) is 0 Å². The van der Waals surface area contributed by atoms with Crippen LogP contribution in [0.4, 0.5) is 16.2 Å². The van der Waals surface area contributed by atoms with Gasteiger partial charge in [0.15, 0.2) is 0 Å². The molecule has 1 saturated heterocycles. The number of nitrogens with zero attached hydrogens (tertiary/aromatic N) is 1. The summed E-state index contributed by atoms with van der Waals surface area (Å²) in [6, 6.07) is 7.24. The highest BCUT2D eigenvalue weighted by Crippen LogP contribution is 2.28. The average molecular weight is 334 g/mol. The molecule has 1 aliphatic heterocycles. The van der Waals surface area contributed by atoms with E-state index in [1.54, 1.807) is 0 Å². The summed E-state index contributed by atoms with van der Waals surface area (Å²) in [5.74, 6) is -0.211. The van der Waals surface area contributed by atoms with Crippen molar-refractivity contribution in [3.8, 4) is 0 Å². The summed E-state index contributed by atoms with van der Waals surface area (Å²) in [5, 5.41) is 8.01. The molecule has 7 nitrogen and oxygen atoms in total. The molecule has 0 saturated carbocycles. The number of rotatable bonds is 5. The van der Waals surface area contributed by atoms with Crippen molar-refractivity contribution in [3.63, 3.8) is 0 Å². The number of carbonyl (C=O) groups is 2. The number of urea groups is 1. The number of morpholine rings is 1. The van der Waals surface area contributed by atoms with E-state index in [4.69, 9.17) is 4.74 Å². The average Bonchev–Trinajstić information content (AvgIpc) is 2.53. The van der Waals surface area contributed by atoms with Gasteiger partial charge in [0, 0.05) is 19.6 Å². The van der Waals surface area contributed by atoms with Gasteiger partial charge in [-0.3, -0.25) is 4.79 Å². The zero-order valence-electron chi connectivity index (χ0n) is 14.5. The molecule has 1 aliphatic rings. The van der Waals surface area contributed by atoms with Gasteiger partial charge in [0.1, 0.15) is 0 Å². The predicted molar refractivity (Wildman–Crippen MR) is 94.4 cm³/mol. The fraction of sp³-hybridized carbons (Fsp3) is 0.529. The van der Waals surface area contributed by atoms with E-state index < -0.39 is 6.03 Å². The van der Waals surface area contributed by atoms with Crippen molar-refractivity contribution in [3.05, 3.63) is 24.3 Å². The molecule has 1 aromatic rings. The van der Waals surface area contributed by atoms with Crippen LogP contribution in [0, 0.1) is 0 Å². The molecule has 0 aromatic heterocycles. The first kappa shape index (κ1) is 18.1. The van der Waals surface area contributed by atoms with E-state index in [9.17, 15) is 9.59 Å². The van der Waals surface area contributed by atoms with Crippen LogP contribution < -0.4 is 20.9 Å². The zero-order valence-corrected chi connectivity index (χ0v) is 14.5. The quantitative estimate of drug-likeness (QED) is 0.763. The Balaban J connectivity index is 2.00. The van der Waals surface area contributed by atoms with Crippen LogP contribution in [0.3, 0.4) is 0 Å². The van der Waals surface area contributed by atoms with Gasteiger partial charge in [-0.05, 0) is 32.9 Å². The summed E-state index contributed by atoms with van der Waals surface area (Å²) in [5.41, 5.74) is 1.67. The first-order valence-corrected chi connectivity index (χ1v) is 8.30. The van der Waals surface area contributed by atoms with Gasteiger partial charge in [-0.1, -0.05) is 12.1 Å². The predicted octanol–water partition coefficient (Wildman–Crippen LogP) is 1.56. The Kier molecular flexibility index (Phi) is 6.43. The zero-order chi connectivity index (χ0) is 17.5. The summed E-state index contributed by atoms with van der Waals surface area (Å²) < 4.78 is 5.76. The summed E-state index contributed by atoms with van der Waals surface area (Å²) >= 11 is 0. The van der Waals surface area contributed by atoms with Crippen LogP contribution in [0.25, 0.3) is 0 Å². The fourth-order valence-electron chi connectivity index (χ4n) is 2.82. The molecule has 3 amide bonds. The minimum Gasteiger partial charge on any atom is -0.372 e. The maximum absolute atomic E-state index is 12.0. The minimum absolute atomic E-state index is 0.0482. The number of likely N-dealkylation sites (N-methyl/N-ethyl adjacent to an activating group) is 1. The maximum Gasteiger partial charge on any atom is 0.319 e. The lowest BCUT2D eigenvalue weighted by atomic mass is 10.1. The molecular weight excluding hydrogens is 308 g/mol. The van der Waals surface area contributed by atoms with Crippen molar-refractivity contribution in [1.82, 2.24) is 10.6 Å². The first-order valence-electron chi connectivity index (χ1n) is 8.30. The van der Waals surface area contributed by atoms with E-state index in [2.05, 4.69) is 20.9 Å². The van der Waals surface area contributed by atoms with Crippen LogP contribution in [-0.2, 0) is 9.53 Å². The molecule has 0 aliphatic carbocycles. The number of para-hydroxylation sites is 2. The Morgan fingerprint density at radius 2 is 1.83 bits per heavy atom. The molecule has 2 atom stereocenters. The van der Waals surface area contributed by atoms with Crippen LogP contribution >= 0.6 is 0 Å². The Hall–Kier alpha value is -2.28. The SMILES string of the molecule is CCNC(=O)CNC(=O)Nc1ccccc1N1CC(C)OC(C)C1. The number of hydrogen-bond donors (Lipinski definition) is 3. The first-order chi connectivity index (χ1) is 11.5. The molecular formula is C17H26N4O3. The van der Waals surface area contributed by atoms with Crippen LogP contribution in [0.5, 0.6) is 0 Å². The van der Waals surface area contributed by atoms with Crippen LogP contribution in [0.15, 0.2) is 24.3 Å². The molecule has 0 spiro atoms. The Morgan fingerprint density at radius 3 is 2.50 bits per heavy atom. The van der Waals surface area contributed by atoms with Crippen molar-refractivity contribution >= 4 is 23.3 Å². The van der Waals surface area contributed by atoms with Gasteiger partial charge in [0.2, 0.25) is 5.91 Å². The smallest absolute Gasteiger partial charge is 0.319 e. The number of amides is 3. The van der Waals surface area contributed by atoms with Gasteiger partial charge in [-0.2, -0.15) is 0 Å². The number of benzene rings is 1. The van der Waals surface area contributed by atoms with Gasteiger partial charge >= 0.3 is 6.03 Å². The van der Waals surface area contributed by atoms with Gasteiger partial charge in [-0.25, -0.2) is 4.79 Å². The lowest BCUT2D eigenvalue weighted by Crippen LogP contribution is -2.46. The highest BCUT2D eigenvalue weighted by Gasteiger charge is 2.24. The van der Waals surface area contributed by atoms with E-state index in [0.717, 1.165) is 18.8 Å². The van der Waals surface area contributed by atoms with E-state index >= 15 is 0 Å². The topological polar surface area (TPSA) is 82.7 Å². The molecule has 2 rings (SSSR count). The number of nitrogens with one attached hydrogen (secondary N) is 3. The molecule has 132 valence electrons. The third-order valence-electron chi connectivity index (χ3n) is 3.70. The van der Waals surface area contributed by atoms with E-state index in [1.807, 2.05) is 45.0 Å². The molecule has 1 fully saturated rings. The second kappa shape index (κ2) is 8.54. The largest absolute Gasteiger partial charge is 0.372 e. The summed E-state index contributed by atoms with van der Waals surface area (Å²) in [6.45, 7) is 7.94. The van der Waals surface area contributed by atoms with Crippen LogP contribution in [0.1, 0.15) is 20.8 Å². The number of hydrogen-bond acceptors (Lipinski definition) is 4. The van der Waals surface area contributed by atoms with Crippen molar-refractivity contribution < 1.29 is 14.3 Å². The van der Waals surface area contributed by atoms with Crippen LogP contribution in [-0.4, -0.2) is 50.3 Å². The number of ether oxygens (including phenoxy) is 1. The molecule has 1 heterocycles. The van der Waals surface area contributed by atoms with Gasteiger partial charge < -0.3 is 25.6 Å². The number of anilines is 2. The second-order valence-corrected chi connectivity index (χ2v) is 5.94. The molecule has 24 heavy (non-hydrogen) atoms. The van der Waals surface area contributed by atoms with E-state index in [1.165, 1.54) is 0 Å². The molecule has 7 heteroatoms. The van der Waals surface area contributed by atoms with E-state index in [-0.39, 0.29) is 24.7 Å². The third-order valence-corrected chi connectivity index (χ3v) is 3.70. The second-order valence-electron chi connectivity index (χ2n) is 5.94. The fourth-order valence-corrected chi connectivity index (χ4v) is 2.82. The Morgan fingerprint density at radius 1 is 1.17 bits per heavy atom. The van der Waals surface area contributed by atoms with Crippen LogP contribution in [0.2, 0.25) is 0 Å². The standard InChI is InChI=1S/C17H26N4O3/c1-4-18-16(22)9-19-17(23)20-14-7-5-6-8-15(14)21-10-12(2)24-13(3)11-21/h5-8,12-13H,4,9-11H2,1-3H3,(H,18,22)(H2,19,20,23). The molecule has 2 unspecified atom stereocenters. The molecule has 1 aromatic carbocycles. The van der Waals surface area contributed by atoms with Gasteiger partial charge in [0.25, 0.3) is 0 Å².